The lowest BCUT2D eigenvalue weighted by molar-refractivity contribution is -0.00828. The first-order valence-electron chi connectivity index (χ1n) is 10.3. The highest BCUT2D eigenvalue weighted by Gasteiger charge is 2.39. The van der Waals surface area contributed by atoms with Gasteiger partial charge >= 0.3 is 0 Å². The molecule has 2 aromatic rings. The Balaban J connectivity index is 0.00000256. The molecule has 1 N–H and O–H groups in total. The number of fused-ring (bicyclic) bond motifs is 1. The van der Waals surface area contributed by atoms with E-state index in [1.807, 2.05) is 31.2 Å². The number of aryl methyl sites for hydroxylation is 1. The van der Waals surface area contributed by atoms with Gasteiger partial charge < -0.3 is 19.9 Å². The van der Waals surface area contributed by atoms with Crippen molar-refractivity contribution in [2.24, 2.45) is 12.0 Å². The van der Waals surface area contributed by atoms with E-state index in [1.54, 1.807) is 0 Å². The number of aliphatic imine (C=N–C) groups is 1. The molecule has 1 aliphatic heterocycles. The number of benzene rings is 1. The number of rotatable bonds is 4. The number of hydrogen-bond donors (Lipinski definition) is 1. The lowest BCUT2D eigenvalue weighted by Gasteiger charge is -2.39. The maximum absolute atomic E-state index is 5.99. The van der Waals surface area contributed by atoms with Gasteiger partial charge in [0.05, 0.1) is 19.3 Å². The maximum Gasteiger partial charge on any atom is 0.193 e. The molecule has 2 aliphatic rings. The first-order chi connectivity index (χ1) is 14.0. The van der Waals surface area contributed by atoms with Crippen LogP contribution in [0.25, 0.3) is 0 Å². The monoisotopic (exact) mass is 524 g/mol. The van der Waals surface area contributed by atoms with Crippen LogP contribution in [0.1, 0.15) is 22.8 Å². The third-order valence-corrected chi connectivity index (χ3v) is 6.36. The topological polar surface area (TPSA) is 57.9 Å². The minimum atomic E-state index is 0. The molecule has 1 unspecified atom stereocenters. The van der Waals surface area contributed by atoms with Crippen molar-refractivity contribution in [2.75, 3.05) is 47.4 Å². The summed E-state index contributed by atoms with van der Waals surface area (Å²) in [4.78, 5) is 9.25. The first-order valence-corrected chi connectivity index (χ1v) is 10.3. The van der Waals surface area contributed by atoms with Crippen LogP contribution in [0.15, 0.2) is 41.7 Å². The van der Waals surface area contributed by atoms with Crippen molar-refractivity contribution >= 4 is 29.9 Å². The van der Waals surface area contributed by atoms with Crippen LogP contribution in [0.3, 0.4) is 0 Å². The highest BCUT2D eigenvalue weighted by molar-refractivity contribution is 14.0. The molecule has 30 heavy (non-hydrogen) atoms. The van der Waals surface area contributed by atoms with Crippen LogP contribution < -0.4 is 5.32 Å². The first kappa shape index (κ1) is 23.0. The number of guanidine groups is 1. The number of hydrogen-bond acceptors (Lipinski definition) is 4. The number of likely N-dealkylation sites (N-methyl/N-ethyl adjacent to an activating group) is 1. The molecule has 164 valence electrons. The summed E-state index contributed by atoms with van der Waals surface area (Å²) in [5.74, 6) is 0.944. The van der Waals surface area contributed by atoms with Crippen molar-refractivity contribution in [2.45, 2.75) is 24.5 Å². The molecular weight excluding hydrogens is 491 g/mol. The number of morpholine rings is 1. The van der Waals surface area contributed by atoms with Crippen molar-refractivity contribution in [3.8, 4) is 0 Å². The van der Waals surface area contributed by atoms with E-state index in [9.17, 15) is 0 Å². The molecule has 0 bridgehead atoms. The standard InChI is InChI=1S/C22H32N6O.HI/c1-23-21(28-9-10-29-20(15-28)19-13-25-27(4)14-19)24-16-22(26(2)3)11-17-7-5-6-8-18(17)12-22;/h5-8,13-14,20H,9-12,15-16H2,1-4H3,(H,23,24);1H. The average molecular weight is 524 g/mol. The molecule has 0 spiro atoms. The second-order valence-corrected chi connectivity index (χ2v) is 8.39. The van der Waals surface area contributed by atoms with Crippen molar-refractivity contribution in [1.29, 1.82) is 0 Å². The SMILES string of the molecule is CN=C(NCC1(N(C)C)Cc2ccccc2C1)N1CCOC(c2cnn(C)c2)C1.I. The van der Waals surface area contributed by atoms with E-state index < -0.39 is 0 Å². The van der Waals surface area contributed by atoms with Crippen LogP contribution in [-0.2, 0) is 24.6 Å². The van der Waals surface area contributed by atoms with Gasteiger partial charge in [-0.3, -0.25) is 9.67 Å². The summed E-state index contributed by atoms with van der Waals surface area (Å²) in [7, 11) is 8.17. The molecule has 2 heterocycles. The van der Waals surface area contributed by atoms with Crippen LogP contribution in [-0.4, -0.2) is 78.5 Å². The predicted molar refractivity (Wildman–Crippen MR) is 131 cm³/mol. The Labute approximate surface area is 196 Å². The van der Waals surface area contributed by atoms with E-state index >= 15 is 0 Å². The number of nitrogens with zero attached hydrogens (tertiary/aromatic N) is 5. The zero-order valence-corrected chi connectivity index (χ0v) is 20.7. The average Bonchev–Trinajstić information content (AvgIpc) is 3.33. The fourth-order valence-electron chi connectivity index (χ4n) is 4.50. The molecule has 1 atom stereocenters. The largest absolute Gasteiger partial charge is 0.370 e. The molecular formula is C22H33IN6O. The highest BCUT2D eigenvalue weighted by atomic mass is 127. The van der Waals surface area contributed by atoms with E-state index in [2.05, 4.69) is 63.6 Å². The van der Waals surface area contributed by atoms with E-state index in [0.29, 0.717) is 6.61 Å². The van der Waals surface area contributed by atoms with Gasteiger partial charge in [0.25, 0.3) is 0 Å². The molecule has 0 radical (unpaired) electrons. The number of aromatic nitrogens is 2. The quantitative estimate of drug-likeness (QED) is 0.377. The van der Waals surface area contributed by atoms with Gasteiger partial charge in [0.2, 0.25) is 0 Å². The van der Waals surface area contributed by atoms with E-state index in [0.717, 1.165) is 44.0 Å². The molecule has 1 fully saturated rings. The zero-order chi connectivity index (χ0) is 20.4. The fraction of sp³-hybridized carbons (Fsp3) is 0.545. The summed E-state index contributed by atoms with van der Waals surface area (Å²) in [6, 6.07) is 8.80. The molecule has 1 aromatic heterocycles. The molecule has 1 aromatic carbocycles. The van der Waals surface area contributed by atoms with E-state index in [1.165, 1.54) is 11.1 Å². The van der Waals surface area contributed by atoms with Gasteiger partial charge in [-0.1, -0.05) is 24.3 Å². The lowest BCUT2D eigenvalue weighted by Crippen LogP contribution is -2.57. The molecule has 0 amide bonds. The second kappa shape index (κ2) is 9.65. The van der Waals surface area contributed by atoms with Gasteiger partial charge in [-0.15, -0.1) is 24.0 Å². The van der Waals surface area contributed by atoms with Crippen LogP contribution in [0.4, 0.5) is 0 Å². The van der Waals surface area contributed by atoms with Crippen molar-refractivity contribution in [1.82, 2.24) is 24.9 Å². The summed E-state index contributed by atoms with van der Waals surface area (Å²) in [5.41, 5.74) is 4.10. The summed E-state index contributed by atoms with van der Waals surface area (Å²) in [5, 5.41) is 7.96. The Hall–Kier alpha value is -1.65. The molecule has 7 nitrogen and oxygen atoms in total. The Morgan fingerprint density at radius 1 is 1.30 bits per heavy atom. The zero-order valence-electron chi connectivity index (χ0n) is 18.3. The minimum Gasteiger partial charge on any atom is -0.370 e. The van der Waals surface area contributed by atoms with Crippen molar-refractivity contribution in [3.05, 3.63) is 53.3 Å². The Morgan fingerprint density at radius 2 is 2.00 bits per heavy atom. The maximum atomic E-state index is 5.99. The fourth-order valence-corrected chi connectivity index (χ4v) is 4.50. The van der Waals surface area contributed by atoms with Crippen LogP contribution in [0.2, 0.25) is 0 Å². The lowest BCUT2D eigenvalue weighted by atomic mass is 9.94. The number of nitrogens with one attached hydrogen (secondary N) is 1. The molecule has 4 rings (SSSR count). The number of ether oxygens (including phenoxy) is 1. The van der Waals surface area contributed by atoms with Gasteiger partial charge in [-0.2, -0.15) is 5.10 Å². The van der Waals surface area contributed by atoms with Crippen molar-refractivity contribution < 1.29 is 4.74 Å². The smallest absolute Gasteiger partial charge is 0.193 e. The Morgan fingerprint density at radius 3 is 2.57 bits per heavy atom. The van der Waals surface area contributed by atoms with E-state index in [4.69, 9.17) is 4.74 Å². The number of halogens is 1. The van der Waals surface area contributed by atoms with Gasteiger partial charge in [0.1, 0.15) is 6.10 Å². The minimum absolute atomic E-state index is 0. The molecule has 8 heteroatoms. The Kier molecular flexibility index (Phi) is 7.41. The van der Waals surface area contributed by atoms with Crippen molar-refractivity contribution in [3.63, 3.8) is 0 Å². The summed E-state index contributed by atoms with van der Waals surface area (Å²) >= 11 is 0. The van der Waals surface area contributed by atoms with Crippen LogP contribution >= 0.6 is 24.0 Å². The summed E-state index contributed by atoms with van der Waals surface area (Å²) in [6.07, 6.45) is 6.06. The molecule has 1 saturated heterocycles. The third-order valence-electron chi connectivity index (χ3n) is 6.36. The highest BCUT2D eigenvalue weighted by Crippen LogP contribution is 2.33. The van der Waals surface area contributed by atoms with Gasteiger partial charge in [-0.25, -0.2) is 0 Å². The summed E-state index contributed by atoms with van der Waals surface area (Å²) in [6.45, 7) is 3.16. The normalized spacial score (nSPS) is 20.8. The van der Waals surface area contributed by atoms with Gasteiger partial charge in [-0.05, 0) is 38.1 Å². The van der Waals surface area contributed by atoms with Gasteiger partial charge in [0.15, 0.2) is 5.96 Å². The third kappa shape index (κ3) is 4.65. The molecule has 1 aliphatic carbocycles. The second-order valence-electron chi connectivity index (χ2n) is 8.39. The van der Waals surface area contributed by atoms with Crippen LogP contribution in [0, 0.1) is 0 Å². The predicted octanol–water partition coefficient (Wildman–Crippen LogP) is 2.09. The van der Waals surface area contributed by atoms with Gasteiger partial charge in [0, 0.05) is 44.5 Å². The molecule has 0 saturated carbocycles. The van der Waals surface area contributed by atoms with Crippen LogP contribution in [0.5, 0.6) is 0 Å². The Bertz CT molecular complexity index is 855. The summed E-state index contributed by atoms with van der Waals surface area (Å²) < 4.78 is 7.82. The van der Waals surface area contributed by atoms with E-state index in [-0.39, 0.29) is 35.6 Å².